The van der Waals surface area contributed by atoms with Gasteiger partial charge in [-0.3, -0.25) is 9.59 Å². The molecule has 0 atom stereocenters. The zero-order valence-corrected chi connectivity index (χ0v) is 13.3. The van der Waals surface area contributed by atoms with Crippen LogP contribution in [0.25, 0.3) is 0 Å². The van der Waals surface area contributed by atoms with E-state index in [0.29, 0.717) is 0 Å². The van der Waals surface area contributed by atoms with E-state index in [-0.39, 0.29) is 35.0 Å². The zero-order valence-electron chi connectivity index (χ0n) is 13.3. The summed E-state index contributed by atoms with van der Waals surface area (Å²) >= 11 is 0. The maximum absolute atomic E-state index is 12.0. The minimum Gasteiger partial charge on any atom is -0.506 e. The second kappa shape index (κ2) is 7.82. The first-order valence-electron chi connectivity index (χ1n) is 7.32. The van der Waals surface area contributed by atoms with E-state index in [0.717, 1.165) is 0 Å². The minimum atomic E-state index is -1.08. The van der Waals surface area contributed by atoms with Crippen LogP contribution in [0.2, 0.25) is 0 Å². The predicted molar refractivity (Wildman–Crippen MR) is 89.4 cm³/mol. The highest BCUT2D eigenvalue weighted by atomic mass is 16.5. The van der Waals surface area contributed by atoms with E-state index >= 15 is 0 Å². The second-order valence-electron chi connectivity index (χ2n) is 4.88. The molecule has 4 N–H and O–H groups in total. The van der Waals surface area contributed by atoms with Gasteiger partial charge in [0.2, 0.25) is 0 Å². The first-order chi connectivity index (χ1) is 11.9. The molecule has 25 heavy (non-hydrogen) atoms. The Morgan fingerprint density at radius 3 is 2.16 bits per heavy atom. The number of nitrogens with one attached hydrogen (secondary N) is 2. The van der Waals surface area contributed by atoms with Crippen LogP contribution in [0.1, 0.15) is 17.3 Å². The summed E-state index contributed by atoms with van der Waals surface area (Å²) in [5.41, 5.74) is 0.0474. The SMILES string of the molecule is CCOC(=O)c1ccc(O)c(NC(=O)C(=O)Nc2ccccc2O)c1. The van der Waals surface area contributed by atoms with Crippen LogP contribution in [0.5, 0.6) is 11.5 Å². The van der Waals surface area contributed by atoms with E-state index in [1.165, 1.54) is 30.3 Å². The first-order valence-corrected chi connectivity index (χ1v) is 7.32. The normalized spacial score (nSPS) is 9.96. The standard InChI is InChI=1S/C17H16N2O6/c1-2-25-17(24)10-7-8-14(21)12(9-10)19-16(23)15(22)18-11-5-3-4-6-13(11)20/h3-9,20-21H,2H2,1H3,(H,18,22)(H,19,23). The summed E-state index contributed by atoms with van der Waals surface area (Å²) < 4.78 is 4.83. The number of benzene rings is 2. The van der Waals surface area contributed by atoms with Crippen molar-refractivity contribution in [2.24, 2.45) is 0 Å². The summed E-state index contributed by atoms with van der Waals surface area (Å²) in [5.74, 6) is -3.29. The van der Waals surface area contributed by atoms with Crippen LogP contribution in [0.15, 0.2) is 42.5 Å². The molecule has 0 aromatic heterocycles. The molecule has 8 nitrogen and oxygen atoms in total. The van der Waals surface area contributed by atoms with Crippen LogP contribution in [0.4, 0.5) is 11.4 Å². The van der Waals surface area contributed by atoms with Gasteiger partial charge in [0, 0.05) is 0 Å². The molecular formula is C17H16N2O6. The van der Waals surface area contributed by atoms with Gasteiger partial charge in [-0.25, -0.2) is 4.79 Å². The van der Waals surface area contributed by atoms with Gasteiger partial charge < -0.3 is 25.6 Å². The number of para-hydroxylation sites is 2. The van der Waals surface area contributed by atoms with Gasteiger partial charge in [-0.1, -0.05) is 12.1 Å². The smallest absolute Gasteiger partial charge is 0.338 e. The average Bonchev–Trinajstić information content (AvgIpc) is 2.59. The van der Waals surface area contributed by atoms with Gasteiger partial charge in [0.1, 0.15) is 11.5 Å². The molecule has 0 saturated heterocycles. The minimum absolute atomic E-state index is 0.0622. The molecular weight excluding hydrogens is 328 g/mol. The number of rotatable bonds is 4. The fourth-order valence-electron chi connectivity index (χ4n) is 1.92. The Hall–Kier alpha value is -3.55. The quantitative estimate of drug-likeness (QED) is 0.381. The fourth-order valence-corrected chi connectivity index (χ4v) is 1.92. The van der Waals surface area contributed by atoms with Gasteiger partial charge in [-0.05, 0) is 37.3 Å². The number of carbonyl (C=O) groups excluding carboxylic acids is 3. The van der Waals surface area contributed by atoms with Crippen molar-refractivity contribution in [3.05, 3.63) is 48.0 Å². The number of phenols is 2. The van der Waals surface area contributed by atoms with Crippen LogP contribution >= 0.6 is 0 Å². The van der Waals surface area contributed by atoms with Crippen molar-refractivity contribution in [2.75, 3.05) is 17.2 Å². The zero-order chi connectivity index (χ0) is 18.4. The van der Waals surface area contributed by atoms with Gasteiger partial charge in [0.05, 0.1) is 23.5 Å². The van der Waals surface area contributed by atoms with Gasteiger partial charge >= 0.3 is 17.8 Å². The monoisotopic (exact) mass is 344 g/mol. The molecule has 0 heterocycles. The van der Waals surface area contributed by atoms with Crippen molar-refractivity contribution < 1.29 is 29.3 Å². The molecule has 2 aromatic rings. The Kier molecular flexibility index (Phi) is 5.57. The second-order valence-corrected chi connectivity index (χ2v) is 4.88. The highest BCUT2D eigenvalue weighted by Gasteiger charge is 2.18. The van der Waals surface area contributed by atoms with E-state index in [9.17, 15) is 24.6 Å². The number of ether oxygens (including phenoxy) is 1. The third-order valence-corrected chi connectivity index (χ3v) is 3.11. The number of phenolic OH excluding ortho intramolecular Hbond substituents is 2. The van der Waals surface area contributed by atoms with Crippen molar-refractivity contribution in [3.63, 3.8) is 0 Å². The molecule has 0 bridgehead atoms. The van der Waals surface area contributed by atoms with Crippen molar-refractivity contribution in [3.8, 4) is 11.5 Å². The molecule has 0 fully saturated rings. The van der Waals surface area contributed by atoms with E-state index in [2.05, 4.69) is 10.6 Å². The molecule has 8 heteroatoms. The number of hydrogen-bond donors (Lipinski definition) is 4. The third kappa shape index (κ3) is 4.47. The number of aromatic hydroxyl groups is 2. The molecule has 0 saturated carbocycles. The molecule has 0 aliphatic rings. The van der Waals surface area contributed by atoms with Crippen molar-refractivity contribution in [1.29, 1.82) is 0 Å². The Morgan fingerprint density at radius 1 is 0.920 bits per heavy atom. The van der Waals surface area contributed by atoms with Gasteiger partial charge in [0.15, 0.2) is 0 Å². The van der Waals surface area contributed by atoms with Crippen LogP contribution in [-0.4, -0.2) is 34.6 Å². The molecule has 0 spiro atoms. The van der Waals surface area contributed by atoms with Crippen LogP contribution < -0.4 is 10.6 Å². The fraction of sp³-hybridized carbons (Fsp3) is 0.118. The maximum Gasteiger partial charge on any atom is 0.338 e. The molecule has 0 aliphatic heterocycles. The molecule has 0 aliphatic carbocycles. The number of amides is 2. The van der Waals surface area contributed by atoms with Crippen molar-refractivity contribution in [1.82, 2.24) is 0 Å². The highest BCUT2D eigenvalue weighted by molar-refractivity contribution is 6.44. The lowest BCUT2D eigenvalue weighted by Crippen LogP contribution is -2.29. The summed E-state index contributed by atoms with van der Waals surface area (Å²) in [6.07, 6.45) is 0. The lowest BCUT2D eigenvalue weighted by atomic mass is 10.2. The summed E-state index contributed by atoms with van der Waals surface area (Å²) in [6, 6.07) is 9.61. The number of hydrogen-bond acceptors (Lipinski definition) is 6. The summed E-state index contributed by atoms with van der Waals surface area (Å²) in [4.78, 5) is 35.5. The van der Waals surface area contributed by atoms with Crippen molar-refractivity contribution in [2.45, 2.75) is 6.92 Å². The third-order valence-electron chi connectivity index (χ3n) is 3.11. The van der Waals surface area contributed by atoms with Crippen LogP contribution in [0, 0.1) is 0 Å². The predicted octanol–water partition coefficient (Wildman–Crippen LogP) is 1.85. The molecule has 0 radical (unpaired) electrons. The maximum atomic E-state index is 12.0. The van der Waals surface area contributed by atoms with Crippen molar-refractivity contribution >= 4 is 29.2 Å². The highest BCUT2D eigenvalue weighted by Crippen LogP contribution is 2.25. The Morgan fingerprint density at radius 2 is 1.52 bits per heavy atom. The Balaban J connectivity index is 2.11. The number of anilines is 2. The molecule has 2 aromatic carbocycles. The average molecular weight is 344 g/mol. The Bertz CT molecular complexity index is 819. The molecule has 0 unspecified atom stereocenters. The summed E-state index contributed by atoms with van der Waals surface area (Å²) in [6.45, 7) is 1.81. The molecule has 130 valence electrons. The van der Waals surface area contributed by atoms with Gasteiger partial charge in [-0.15, -0.1) is 0 Å². The molecule has 2 amide bonds. The van der Waals surface area contributed by atoms with E-state index < -0.39 is 17.8 Å². The summed E-state index contributed by atoms with van der Waals surface area (Å²) in [5, 5.41) is 23.8. The van der Waals surface area contributed by atoms with Crippen LogP contribution in [-0.2, 0) is 14.3 Å². The molecule has 2 rings (SSSR count). The first kappa shape index (κ1) is 17.8. The van der Waals surface area contributed by atoms with Crippen LogP contribution in [0.3, 0.4) is 0 Å². The number of carbonyl (C=O) groups is 3. The van der Waals surface area contributed by atoms with E-state index in [4.69, 9.17) is 4.74 Å². The van der Waals surface area contributed by atoms with E-state index in [1.807, 2.05) is 0 Å². The Labute approximate surface area is 143 Å². The lowest BCUT2D eigenvalue weighted by molar-refractivity contribution is -0.133. The van der Waals surface area contributed by atoms with Gasteiger partial charge in [-0.2, -0.15) is 0 Å². The topological polar surface area (TPSA) is 125 Å². The van der Waals surface area contributed by atoms with Gasteiger partial charge in [0.25, 0.3) is 0 Å². The summed E-state index contributed by atoms with van der Waals surface area (Å²) in [7, 11) is 0. The van der Waals surface area contributed by atoms with E-state index in [1.54, 1.807) is 19.1 Å². The largest absolute Gasteiger partial charge is 0.506 e. The number of esters is 1. The lowest BCUT2D eigenvalue weighted by Gasteiger charge is -2.10.